The molecule has 0 spiro atoms. The summed E-state index contributed by atoms with van der Waals surface area (Å²) in [5.74, 6) is 2.79. The van der Waals surface area contributed by atoms with E-state index in [4.69, 9.17) is 10.3 Å². The predicted molar refractivity (Wildman–Crippen MR) is 77.0 cm³/mol. The molecule has 1 aliphatic rings. The highest BCUT2D eigenvalue weighted by Crippen LogP contribution is 2.24. The van der Waals surface area contributed by atoms with Gasteiger partial charge in [-0.25, -0.2) is 0 Å². The van der Waals surface area contributed by atoms with Crippen LogP contribution in [0.3, 0.4) is 0 Å². The minimum atomic E-state index is -0.534. The zero-order chi connectivity index (χ0) is 13.3. The summed E-state index contributed by atoms with van der Waals surface area (Å²) in [6.07, 6.45) is 1.26. The first-order valence-corrected chi connectivity index (χ1v) is 6.70. The van der Waals surface area contributed by atoms with Crippen LogP contribution in [0.1, 0.15) is 45.8 Å². The smallest absolute Gasteiger partial charge is 0.240 e. The zero-order valence-corrected chi connectivity index (χ0v) is 13.0. The van der Waals surface area contributed by atoms with Gasteiger partial charge in [-0.1, -0.05) is 19.0 Å². The van der Waals surface area contributed by atoms with Gasteiger partial charge in [0.15, 0.2) is 5.82 Å². The number of nitrogens with two attached hydrogens (primary N) is 1. The van der Waals surface area contributed by atoms with Gasteiger partial charge in [0.2, 0.25) is 5.89 Å². The molecule has 2 rings (SSSR count). The fraction of sp³-hybridized carbons (Fsp3) is 0.846. The van der Waals surface area contributed by atoms with Crippen molar-refractivity contribution < 1.29 is 4.52 Å². The van der Waals surface area contributed by atoms with Crippen molar-refractivity contribution in [2.45, 2.75) is 46.2 Å². The molecule has 1 atom stereocenters. The third-order valence-electron chi connectivity index (χ3n) is 3.65. The Morgan fingerprint density at radius 2 is 2.16 bits per heavy atom. The Hall–Kier alpha value is -0.650. The van der Waals surface area contributed by atoms with Crippen molar-refractivity contribution in [2.75, 3.05) is 13.1 Å². The van der Waals surface area contributed by atoms with E-state index in [9.17, 15) is 0 Å². The molecule has 1 saturated heterocycles. The monoisotopic (exact) mass is 288 g/mol. The van der Waals surface area contributed by atoms with Crippen LogP contribution < -0.4 is 5.73 Å². The fourth-order valence-corrected chi connectivity index (χ4v) is 2.32. The second kappa shape index (κ2) is 6.20. The Kier molecular flexibility index (Phi) is 5.35. The third kappa shape index (κ3) is 4.16. The summed E-state index contributed by atoms with van der Waals surface area (Å²) in [5, 5.41) is 3.95. The van der Waals surface area contributed by atoms with Crippen molar-refractivity contribution in [3.8, 4) is 0 Å². The summed E-state index contributed by atoms with van der Waals surface area (Å²) in [6, 6.07) is 0. The van der Waals surface area contributed by atoms with Gasteiger partial charge in [-0.15, -0.1) is 12.4 Å². The summed E-state index contributed by atoms with van der Waals surface area (Å²) in [7, 11) is 0. The van der Waals surface area contributed by atoms with Gasteiger partial charge in [-0.2, -0.15) is 4.98 Å². The highest BCUT2D eigenvalue weighted by atomic mass is 35.5. The second-order valence-corrected chi connectivity index (χ2v) is 6.26. The molecule has 1 aromatic rings. The van der Waals surface area contributed by atoms with E-state index >= 15 is 0 Å². The van der Waals surface area contributed by atoms with E-state index in [1.165, 1.54) is 6.42 Å². The number of halogens is 1. The van der Waals surface area contributed by atoms with Gasteiger partial charge in [0.05, 0.1) is 12.1 Å². The van der Waals surface area contributed by atoms with Gasteiger partial charge in [0.25, 0.3) is 0 Å². The first kappa shape index (κ1) is 16.4. The number of nitrogens with zero attached hydrogens (tertiary/aromatic N) is 3. The van der Waals surface area contributed by atoms with E-state index in [1.807, 2.05) is 13.8 Å². The Bertz CT molecular complexity index is 400. The SMILES string of the molecule is CC(C)C1CCN(Cc2nc(C(C)(C)N)no2)C1.Cl. The standard InChI is InChI=1S/C13H24N4O.ClH/c1-9(2)10-5-6-17(7-10)8-11-15-12(16-18-11)13(3,4)14;/h9-10H,5-8,14H2,1-4H3;1H. The molecule has 0 aliphatic carbocycles. The first-order valence-electron chi connectivity index (χ1n) is 6.70. The predicted octanol–water partition coefficient (Wildman–Crippen LogP) is 2.16. The average molecular weight is 289 g/mol. The molecule has 0 amide bonds. The van der Waals surface area contributed by atoms with E-state index in [0.29, 0.717) is 11.7 Å². The van der Waals surface area contributed by atoms with Gasteiger partial charge in [0.1, 0.15) is 0 Å². The number of likely N-dealkylation sites (tertiary alicyclic amines) is 1. The number of aromatic nitrogens is 2. The minimum Gasteiger partial charge on any atom is -0.338 e. The Balaban J connectivity index is 0.00000180. The summed E-state index contributed by atoms with van der Waals surface area (Å²) in [6.45, 7) is 11.3. The average Bonchev–Trinajstić information content (AvgIpc) is 2.85. The van der Waals surface area contributed by atoms with E-state index in [1.54, 1.807) is 0 Å². The van der Waals surface area contributed by atoms with Gasteiger partial charge in [-0.3, -0.25) is 4.90 Å². The number of hydrogen-bond acceptors (Lipinski definition) is 5. The van der Waals surface area contributed by atoms with Crippen LogP contribution >= 0.6 is 12.4 Å². The molecular weight excluding hydrogens is 264 g/mol. The van der Waals surface area contributed by atoms with Crippen LogP contribution in [0.25, 0.3) is 0 Å². The van der Waals surface area contributed by atoms with Crippen LogP contribution in [0.2, 0.25) is 0 Å². The maximum absolute atomic E-state index is 5.94. The minimum absolute atomic E-state index is 0. The molecule has 6 heteroatoms. The largest absolute Gasteiger partial charge is 0.338 e. The molecule has 110 valence electrons. The van der Waals surface area contributed by atoms with E-state index in [2.05, 4.69) is 28.9 Å². The van der Waals surface area contributed by atoms with E-state index in [-0.39, 0.29) is 12.4 Å². The van der Waals surface area contributed by atoms with Crippen molar-refractivity contribution in [1.82, 2.24) is 15.0 Å². The van der Waals surface area contributed by atoms with Crippen LogP contribution in [0.5, 0.6) is 0 Å². The van der Waals surface area contributed by atoms with Gasteiger partial charge in [-0.05, 0) is 38.6 Å². The molecule has 2 N–H and O–H groups in total. The molecule has 1 aromatic heterocycles. The van der Waals surface area contributed by atoms with Gasteiger partial charge >= 0.3 is 0 Å². The molecule has 0 radical (unpaired) electrons. The molecule has 5 nitrogen and oxygen atoms in total. The van der Waals surface area contributed by atoms with Crippen LogP contribution in [0, 0.1) is 11.8 Å². The molecule has 2 heterocycles. The van der Waals surface area contributed by atoms with Crippen LogP contribution in [-0.4, -0.2) is 28.1 Å². The lowest BCUT2D eigenvalue weighted by Gasteiger charge is -2.15. The van der Waals surface area contributed by atoms with Crippen molar-refractivity contribution in [2.24, 2.45) is 17.6 Å². The lowest BCUT2D eigenvalue weighted by Crippen LogP contribution is -2.30. The van der Waals surface area contributed by atoms with Crippen molar-refractivity contribution in [1.29, 1.82) is 0 Å². The quantitative estimate of drug-likeness (QED) is 0.919. The fourth-order valence-electron chi connectivity index (χ4n) is 2.32. The maximum Gasteiger partial charge on any atom is 0.240 e. The lowest BCUT2D eigenvalue weighted by atomic mass is 9.95. The van der Waals surface area contributed by atoms with Crippen molar-refractivity contribution in [3.05, 3.63) is 11.7 Å². The van der Waals surface area contributed by atoms with Crippen LogP contribution in [0.15, 0.2) is 4.52 Å². The van der Waals surface area contributed by atoms with Gasteiger partial charge in [0, 0.05) is 6.54 Å². The Labute approximate surface area is 121 Å². The highest BCUT2D eigenvalue weighted by Gasteiger charge is 2.27. The first-order chi connectivity index (χ1) is 8.36. The van der Waals surface area contributed by atoms with Crippen molar-refractivity contribution >= 4 is 12.4 Å². The van der Waals surface area contributed by atoms with Crippen molar-refractivity contribution in [3.63, 3.8) is 0 Å². The second-order valence-electron chi connectivity index (χ2n) is 6.26. The van der Waals surface area contributed by atoms with Crippen LogP contribution in [0.4, 0.5) is 0 Å². The Morgan fingerprint density at radius 1 is 1.47 bits per heavy atom. The third-order valence-corrected chi connectivity index (χ3v) is 3.65. The molecule has 1 aliphatic heterocycles. The maximum atomic E-state index is 5.94. The normalized spacial score (nSPS) is 20.8. The summed E-state index contributed by atoms with van der Waals surface area (Å²) in [5.41, 5.74) is 5.41. The van der Waals surface area contributed by atoms with Crippen LogP contribution in [-0.2, 0) is 12.1 Å². The molecule has 19 heavy (non-hydrogen) atoms. The highest BCUT2D eigenvalue weighted by molar-refractivity contribution is 5.85. The molecule has 1 fully saturated rings. The summed E-state index contributed by atoms with van der Waals surface area (Å²) in [4.78, 5) is 6.75. The Morgan fingerprint density at radius 3 is 2.63 bits per heavy atom. The molecule has 0 saturated carbocycles. The summed E-state index contributed by atoms with van der Waals surface area (Å²) >= 11 is 0. The van der Waals surface area contributed by atoms with E-state index in [0.717, 1.165) is 31.5 Å². The molecular formula is C13H25ClN4O. The van der Waals surface area contributed by atoms with Gasteiger partial charge < -0.3 is 10.3 Å². The molecule has 0 aromatic carbocycles. The topological polar surface area (TPSA) is 68.2 Å². The van der Waals surface area contributed by atoms with E-state index < -0.39 is 5.54 Å². The number of hydrogen-bond donors (Lipinski definition) is 1. The lowest BCUT2D eigenvalue weighted by molar-refractivity contribution is 0.250. The molecule has 1 unspecified atom stereocenters. The molecule has 0 bridgehead atoms. The zero-order valence-electron chi connectivity index (χ0n) is 12.2. The summed E-state index contributed by atoms with van der Waals surface area (Å²) < 4.78 is 5.27. The number of rotatable bonds is 4.